The Morgan fingerprint density at radius 2 is 1.27 bits per heavy atom. The summed E-state index contributed by atoms with van der Waals surface area (Å²) in [5, 5.41) is 7.99. The predicted molar refractivity (Wildman–Crippen MR) is 195 cm³/mol. The molecule has 6 aromatic carbocycles. The van der Waals surface area contributed by atoms with Crippen LogP contribution in [0.3, 0.4) is 0 Å². The maximum absolute atomic E-state index is 6.25. The van der Waals surface area contributed by atoms with Gasteiger partial charge in [0.1, 0.15) is 11.5 Å². The second-order valence-corrected chi connectivity index (χ2v) is 18.1. The molecule has 0 radical (unpaired) electrons. The van der Waals surface area contributed by atoms with Crippen LogP contribution in [0.25, 0.3) is 43.5 Å². The first-order valence-electron chi connectivity index (χ1n) is 15.5. The third-order valence-corrected chi connectivity index (χ3v) is 13.4. The molecule has 0 N–H and O–H groups in total. The summed E-state index contributed by atoms with van der Waals surface area (Å²) in [5.74, 6) is 4.90. The summed E-state index contributed by atoms with van der Waals surface area (Å²) in [5.41, 5.74) is 5.40. The van der Waals surface area contributed by atoms with Crippen molar-refractivity contribution >= 4 is 65.3 Å². The largest absolute Gasteiger partial charge is 0.455 e. The summed E-state index contributed by atoms with van der Waals surface area (Å²) in [4.78, 5) is 2.35. The Morgan fingerprint density at radius 3 is 2.00 bits per heavy atom. The molecule has 1 atom stereocenters. The molecule has 0 saturated heterocycles. The molecule has 0 fully saturated rings. The molecule has 218 valence electrons. The average Bonchev–Trinajstić information content (AvgIpc) is 3.07. The topological polar surface area (TPSA) is 9.23 Å². The third-order valence-electron chi connectivity index (χ3n) is 9.45. The van der Waals surface area contributed by atoms with Gasteiger partial charge < -0.3 is 4.74 Å². The van der Waals surface area contributed by atoms with Gasteiger partial charge in [0.15, 0.2) is 0 Å². The van der Waals surface area contributed by atoms with Crippen molar-refractivity contribution in [2.45, 2.75) is 23.1 Å². The van der Waals surface area contributed by atoms with Crippen LogP contribution in [-0.4, -0.2) is 24.0 Å². The number of ether oxygens (including phenoxy) is 1. The molecule has 1 nitrogen and oxygen atoms in total. The highest BCUT2D eigenvalue weighted by Crippen LogP contribution is 2.50. The van der Waals surface area contributed by atoms with Crippen LogP contribution in [0.2, 0.25) is 0 Å². The molecule has 0 saturated carbocycles. The molecule has 0 spiro atoms. The standard InChI is InChI=1S/C41H36OS2/c1-4-44(2,3)26-30-18-17-27(28-20-22-39-41(25-28)43-40-16-10-9-15-38(40)42-39)23-36(30)29-19-21-35-33-13-6-5-11-31(33)32-12-7-8-14-34(32)37(35)24-29/h5-17,19-25,30H,4,18,26H2,1-3H3. The summed E-state index contributed by atoms with van der Waals surface area (Å²) in [7, 11) is -0.679. The molecule has 0 amide bonds. The Labute approximate surface area is 266 Å². The Morgan fingerprint density at radius 1 is 0.659 bits per heavy atom. The highest BCUT2D eigenvalue weighted by atomic mass is 32.3. The molecule has 2 aliphatic rings. The third kappa shape index (κ3) is 4.83. The van der Waals surface area contributed by atoms with Crippen molar-refractivity contribution in [2.75, 3.05) is 24.0 Å². The van der Waals surface area contributed by atoms with Gasteiger partial charge in [-0.1, -0.05) is 110 Å². The number of allylic oxidation sites excluding steroid dienone is 4. The summed E-state index contributed by atoms with van der Waals surface area (Å²) >= 11 is 1.80. The Bertz CT molecular complexity index is 2120. The van der Waals surface area contributed by atoms with Gasteiger partial charge in [0, 0.05) is 0 Å². The quantitative estimate of drug-likeness (QED) is 0.180. The van der Waals surface area contributed by atoms with Gasteiger partial charge in [-0.05, 0) is 121 Å². The van der Waals surface area contributed by atoms with Crippen LogP contribution >= 0.6 is 21.8 Å². The van der Waals surface area contributed by atoms with Gasteiger partial charge in [-0.25, -0.2) is 10.0 Å². The average molecular weight is 609 g/mol. The van der Waals surface area contributed by atoms with Gasteiger partial charge in [0.2, 0.25) is 0 Å². The van der Waals surface area contributed by atoms with Gasteiger partial charge in [-0.3, -0.25) is 0 Å². The molecule has 1 aliphatic carbocycles. The maximum Gasteiger partial charge on any atom is 0.141 e. The van der Waals surface area contributed by atoms with Gasteiger partial charge in [0.05, 0.1) is 9.79 Å². The van der Waals surface area contributed by atoms with E-state index in [0.717, 1.165) is 17.9 Å². The predicted octanol–water partition coefficient (Wildman–Crippen LogP) is 12.0. The number of hydrogen-bond donors (Lipinski definition) is 0. The Hall–Kier alpha value is -3.92. The molecular formula is C41H36OS2. The maximum atomic E-state index is 6.25. The number of fused-ring (bicyclic) bond motifs is 8. The van der Waals surface area contributed by atoms with Crippen molar-refractivity contribution in [1.82, 2.24) is 0 Å². The van der Waals surface area contributed by atoms with E-state index in [4.69, 9.17) is 4.74 Å². The van der Waals surface area contributed by atoms with Crippen molar-refractivity contribution in [3.05, 3.63) is 132 Å². The Kier molecular flexibility index (Phi) is 6.85. The summed E-state index contributed by atoms with van der Waals surface area (Å²) < 4.78 is 6.25. The fraction of sp³-hybridized carbons (Fsp3) is 0.171. The second-order valence-electron chi connectivity index (χ2n) is 12.6. The summed E-state index contributed by atoms with van der Waals surface area (Å²) in [6.45, 7) is 2.36. The molecule has 44 heavy (non-hydrogen) atoms. The van der Waals surface area contributed by atoms with E-state index in [-0.39, 0.29) is 0 Å². The monoisotopic (exact) mass is 608 g/mol. The van der Waals surface area contributed by atoms with Crippen LogP contribution in [0.1, 0.15) is 24.5 Å². The SMILES string of the molecule is CCS(C)(C)CC1CC=C(c2ccc3c(c2)Sc2ccccc2O3)C=C1c1ccc2c3ccccc3c3ccccc3c2c1. The van der Waals surface area contributed by atoms with Crippen LogP contribution in [-0.2, 0) is 0 Å². The minimum Gasteiger partial charge on any atom is -0.455 e. The van der Waals surface area contributed by atoms with Crippen LogP contribution in [0, 0.1) is 5.92 Å². The van der Waals surface area contributed by atoms with E-state index in [9.17, 15) is 0 Å². The number of para-hydroxylation sites is 1. The fourth-order valence-electron chi connectivity index (χ4n) is 6.88. The summed E-state index contributed by atoms with van der Waals surface area (Å²) in [6.07, 6.45) is 11.0. The zero-order chi connectivity index (χ0) is 29.8. The lowest BCUT2D eigenvalue weighted by atomic mass is 9.82. The molecule has 6 aromatic rings. The zero-order valence-electron chi connectivity index (χ0n) is 25.5. The van der Waals surface area contributed by atoms with Crippen LogP contribution in [0.5, 0.6) is 11.5 Å². The minimum absolute atomic E-state index is 0.509. The Balaban J connectivity index is 1.25. The van der Waals surface area contributed by atoms with E-state index in [1.165, 1.54) is 75.9 Å². The molecule has 1 unspecified atom stereocenters. The van der Waals surface area contributed by atoms with Crippen LogP contribution < -0.4 is 4.74 Å². The van der Waals surface area contributed by atoms with Crippen molar-refractivity contribution < 1.29 is 4.74 Å². The molecule has 3 heteroatoms. The molecule has 1 aliphatic heterocycles. The van der Waals surface area contributed by atoms with E-state index in [1.54, 1.807) is 11.8 Å². The van der Waals surface area contributed by atoms with Crippen molar-refractivity contribution in [3.63, 3.8) is 0 Å². The summed E-state index contributed by atoms with van der Waals surface area (Å²) in [6, 6.07) is 40.0. The van der Waals surface area contributed by atoms with Crippen molar-refractivity contribution in [3.8, 4) is 11.5 Å². The van der Waals surface area contributed by atoms with E-state index < -0.39 is 10.0 Å². The minimum atomic E-state index is -0.679. The lowest BCUT2D eigenvalue weighted by Crippen LogP contribution is -2.17. The smallest absolute Gasteiger partial charge is 0.141 e. The second kappa shape index (κ2) is 10.9. The molecule has 0 aromatic heterocycles. The number of rotatable bonds is 5. The molecule has 0 bridgehead atoms. The van der Waals surface area contributed by atoms with Crippen molar-refractivity contribution in [1.29, 1.82) is 0 Å². The fourth-order valence-corrected chi connectivity index (χ4v) is 9.51. The number of hydrogen-bond acceptors (Lipinski definition) is 2. The first-order chi connectivity index (χ1) is 21.5. The van der Waals surface area contributed by atoms with Crippen LogP contribution in [0.15, 0.2) is 131 Å². The lowest BCUT2D eigenvalue weighted by molar-refractivity contribution is 0.454. The lowest BCUT2D eigenvalue weighted by Gasteiger charge is -2.36. The molecule has 8 rings (SSSR count). The van der Waals surface area contributed by atoms with E-state index in [2.05, 4.69) is 129 Å². The molecule has 1 heterocycles. The van der Waals surface area contributed by atoms with Gasteiger partial charge in [-0.15, -0.1) is 0 Å². The zero-order valence-corrected chi connectivity index (χ0v) is 27.1. The van der Waals surface area contributed by atoms with Gasteiger partial charge in [-0.2, -0.15) is 0 Å². The normalized spacial score (nSPS) is 16.7. The highest BCUT2D eigenvalue weighted by Gasteiger charge is 2.26. The van der Waals surface area contributed by atoms with E-state index in [1.807, 2.05) is 12.1 Å². The van der Waals surface area contributed by atoms with E-state index >= 15 is 0 Å². The highest BCUT2D eigenvalue weighted by molar-refractivity contribution is 8.32. The van der Waals surface area contributed by atoms with Crippen molar-refractivity contribution in [2.24, 2.45) is 5.92 Å². The van der Waals surface area contributed by atoms with Crippen LogP contribution in [0.4, 0.5) is 0 Å². The molecular weight excluding hydrogens is 573 g/mol. The van der Waals surface area contributed by atoms with E-state index in [0.29, 0.717) is 5.92 Å². The number of benzene rings is 6. The van der Waals surface area contributed by atoms with Gasteiger partial charge >= 0.3 is 0 Å². The first-order valence-corrected chi connectivity index (χ1v) is 19.1. The van der Waals surface area contributed by atoms with Gasteiger partial charge in [0.25, 0.3) is 0 Å². The first kappa shape index (κ1) is 27.6.